The molecule has 1 heterocycles. The van der Waals surface area contributed by atoms with Crippen molar-refractivity contribution in [2.24, 2.45) is 0 Å². The number of rotatable bonds is 40. The fourth-order valence-corrected chi connectivity index (χ4v) is 6.95. The van der Waals surface area contributed by atoms with Crippen molar-refractivity contribution in [3.63, 3.8) is 0 Å². The standard InChI is InChI=1S/C50H88O9/c1-3-5-7-9-11-13-15-17-19-21-22-23-24-26-28-30-32-34-36-38-40-56-42-44(43-57-50-49(55)48(54)47(53)45(41-51)59-50)58-46(52)39-37-35-33-31-29-27-25-20-18-16-14-12-10-8-6-4-2/h5,7,11,13,17,19-20,22-23,25,44-45,47-51,53-55H,3-4,6,8-10,12,14-16,18,21,24,26-43H2,1-2H3/b7-5-,13-11-,19-17-,23-22-,25-20-. The molecule has 6 unspecified atom stereocenters. The second kappa shape index (κ2) is 41.3. The molecule has 0 saturated carbocycles. The van der Waals surface area contributed by atoms with Gasteiger partial charge in [-0.2, -0.15) is 0 Å². The SMILES string of the molecule is CC/C=C\C/C=C\C/C=C\C/C=C\CCCCCCCCCOCC(COC1OC(CO)C(O)C(O)C1O)OC(=O)CCCCCCC/C=C\CCCCCCCCC. The lowest BCUT2D eigenvalue weighted by molar-refractivity contribution is -0.305. The van der Waals surface area contributed by atoms with Crippen LogP contribution in [-0.4, -0.2) is 89.6 Å². The third-order valence-corrected chi connectivity index (χ3v) is 10.7. The summed E-state index contributed by atoms with van der Waals surface area (Å²) in [5, 5.41) is 40.2. The van der Waals surface area contributed by atoms with Gasteiger partial charge < -0.3 is 39.4 Å². The molecular formula is C50H88O9. The number of ether oxygens (including phenoxy) is 4. The number of carbonyl (C=O) groups excluding carboxylic acids is 1. The minimum Gasteiger partial charge on any atom is -0.457 e. The molecule has 0 bridgehead atoms. The number of aliphatic hydroxyl groups is 4. The van der Waals surface area contributed by atoms with E-state index in [0.29, 0.717) is 13.0 Å². The Labute approximate surface area is 360 Å². The van der Waals surface area contributed by atoms with Gasteiger partial charge in [-0.05, 0) is 77.0 Å². The van der Waals surface area contributed by atoms with Gasteiger partial charge >= 0.3 is 5.97 Å². The predicted octanol–water partition coefficient (Wildman–Crippen LogP) is 11.1. The number of aliphatic hydroxyl groups excluding tert-OH is 4. The number of carbonyl (C=O) groups is 1. The second-order valence-corrected chi connectivity index (χ2v) is 16.2. The molecule has 0 aliphatic carbocycles. The molecule has 4 N–H and O–H groups in total. The average Bonchev–Trinajstić information content (AvgIpc) is 3.24. The van der Waals surface area contributed by atoms with Crippen LogP contribution in [0.25, 0.3) is 0 Å². The number of unbranched alkanes of at least 4 members (excludes halogenated alkanes) is 19. The van der Waals surface area contributed by atoms with E-state index in [2.05, 4.69) is 74.6 Å². The van der Waals surface area contributed by atoms with E-state index in [-0.39, 0.29) is 19.2 Å². The maximum atomic E-state index is 12.8. The van der Waals surface area contributed by atoms with Crippen molar-refractivity contribution in [1.82, 2.24) is 0 Å². The van der Waals surface area contributed by atoms with Gasteiger partial charge in [0, 0.05) is 13.0 Å². The van der Waals surface area contributed by atoms with Crippen LogP contribution in [-0.2, 0) is 23.7 Å². The van der Waals surface area contributed by atoms with E-state index in [0.717, 1.165) is 83.5 Å². The second-order valence-electron chi connectivity index (χ2n) is 16.2. The van der Waals surface area contributed by atoms with E-state index in [9.17, 15) is 25.2 Å². The normalized spacial score (nSPS) is 20.7. The molecule has 6 atom stereocenters. The molecule has 1 saturated heterocycles. The molecule has 0 aromatic rings. The van der Waals surface area contributed by atoms with Crippen LogP contribution in [0.5, 0.6) is 0 Å². The van der Waals surface area contributed by atoms with Gasteiger partial charge in [0.25, 0.3) is 0 Å². The quantitative estimate of drug-likeness (QED) is 0.0270. The van der Waals surface area contributed by atoms with Crippen LogP contribution >= 0.6 is 0 Å². The average molecular weight is 833 g/mol. The van der Waals surface area contributed by atoms with Crippen molar-refractivity contribution < 1.29 is 44.2 Å². The van der Waals surface area contributed by atoms with Crippen molar-refractivity contribution in [2.75, 3.05) is 26.4 Å². The molecular weight excluding hydrogens is 745 g/mol. The zero-order valence-corrected chi connectivity index (χ0v) is 37.5. The van der Waals surface area contributed by atoms with Crippen LogP contribution in [0.3, 0.4) is 0 Å². The molecule has 0 aromatic carbocycles. The lowest BCUT2D eigenvalue weighted by Gasteiger charge is -2.39. The van der Waals surface area contributed by atoms with Gasteiger partial charge in [-0.15, -0.1) is 0 Å². The van der Waals surface area contributed by atoms with Gasteiger partial charge in [0.15, 0.2) is 6.29 Å². The van der Waals surface area contributed by atoms with Crippen molar-refractivity contribution >= 4 is 5.97 Å². The summed E-state index contributed by atoms with van der Waals surface area (Å²) in [6, 6.07) is 0. The van der Waals surface area contributed by atoms with Crippen LogP contribution in [0, 0.1) is 0 Å². The molecule has 0 radical (unpaired) electrons. The number of allylic oxidation sites excluding steroid dienone is 10. The van der Waals surface area contributed by atoms with Gasteiger partial charge in [-0.1, -0.05) is 164 Å². The first-order valence-corrected chi connectivity index (χ1v) is 23.9. The topological polar surface area (TPSA) is 135 Å². The maximum absolute atomic E-state index is 12.8. The molecule has 0 spiro atoms. The highest BCUT2D eigenvalue weighted by molar-refractivity contribution is 5.69. The first-order chi connectivity index (χ1) is 28.9. The Morgan fingerprint density at radius 2 is 1.03 bits per heavy atom. The van der Waals surface area contributed by atoms with E-state index >= 15 is 0 Å². The molecule has 1 rings (SSSR count). The number of hydrogen-bond donors (Lipinski definition) is 4. The summed E-state index contributed by atoms with van der Waals surface area (Å²) in [5.74, 6) is -0.328. The fraction of sp³-hybridized carbons (Fsp3) is 0.780. The Morgan fingerprint density at radius 1 is 0.559 bits per heavy atom. The zero-order valence-electron chi connectivity index (χ0n) is 37.5. The smallest absolute Gasteiger partial charge is 0.306 e. The van der Waals surface area contributed by atoms with Crippen molar-refractivity contribution in [1.29, 1.82) is 0 Å². The molecule has 0 amide bonds. The minimum atomic E-state index is -1.54. The van der Waals surface area contributed by atoms with Crippen LogP contribution in [0.2, 0.25) is 0 Å². The number of hydrogen-bond acceptors (Lipinski definition) is 9. The van der Waals surface area contributed by atoms with E-state index < -0.39 is 43.4 Å². The van der Waals surface area contributed by atoms with Crippen LogP contribution < -0.4 is 0 Å². The van der Waals surface area contributed by atoms with Crippen LogP contribution in [0.1, 0.15) is 187 Å². The Balaban J connectivity index is 2.26. The molecule has 1 fully saturated rings. The first kappa shape index (κ1) is 54.9. The van der Waals surface area contributed by atoms with Gasteiger partial charge in [0.05, 0.1) is 19.8 Å². The summed E-state index contributed by atoms with van der Waals surface area (Å²) in [5.41, 5.74) is 0. The zero-order chi connectivity index (χ0) is 42.9. The van der Waals surface area contributed by atoms with Gasteiger partial charge in [-0.25, -0.2) is 0 Å². The molecule has 1 aliphatic rings. The summed E-state index contributed by atoms with van der Waals surface area (Å²) >= 11 is 0. The van der Waals surface area contributed by atoms with Gasteiger partial charge in [-0.3, -0.25) is 4.79 Å². The maximum Gasteiger partial charge on any atom is 0.306 e. The predicted molar refractivity (Wildman–Crippen MR) is 242 cm³/mol. The number of esters is 1. The van der Waals surface area contributed by atoms with Crippen LogP contribution in [0.15, 0.2) is 60.8 Å². The first-order valence-electron chi connectivity index (χ1n) is 23.9. The highest BCUT2D eigenvalue weighted by Gasteiger charge is 2.44. The van der Waals surface area contributed by atoms with Crippen molar-refractivity contribution in [3.8, 4) is 0 Å². The third-order valence-electron chi connectivity index (χ3n) is 10.7. The molecule has 342 valence electrons. The summed E-state index contributed by atoms with van der Waals surface area (Å²) < 4.78 is 22.8. The highest BCUT2D eigenvalue weighted by atomic mass is 16.7. The van der Waals surface area contributed by atoms with E-state index in [1.807, 2.05) is 0 Å². The lowest BCUT2D eigenvalue weighted by atomic mass is 9.99. The Hall–Kier alpha value is -2.11. The van der Waals surface area contributed by atoms with Crippen molar-refractivity contribution in [2.45, 2.75) is 224 Å². The molecule has 9 nitrogen and oxygen atoms in total. The van der Waals surface area contributed by atoms with Crippen molar-refractivity contribution in [3.05, 3.63) is 60.8 Å². The molecule has 59 heavy (non-hydrogen) atoms. The van der Waals surface area contributed by atoms with Gasteiger partial charge in [0.2, 0.25) is 0 Å². The Kier molecular flexibility index (Phi) is 38.4. The lowest BCUT2D eigenvalue weighted by Crippen LogP contribution is -2.59. The van der Waals surface area contributed by atoms with E-state index in [4.69, 9.17) is 18.9 Å². The summed E-state index contributed by atoms with van der Waals surface area (Å²) in [6.45, 7) is 4.41. The van der Waals surface area contributed by atoms with E-state index in [1.54, 1.807) is 0 Å². The third kappa shape index (κ3) is 32.3. The largest absolute Gasteiger partial charge is 0.457 e. The summed E-state index contributed by atoms with van der Waals surface area (Å²) in [6.07, 6.45) is 45.3. The van der Waals surface area contributed by atoms with Gasteiger partial charge in [0.1, 0.15) is 30.5 Å². The summed E-state index contributed by atoms with van der Waals surface area (Å²) in [7, 11) is 0. The monoisotopic (exact) mass is 833 g/mol. The fourth-order valence-electron chi connectivity index (χ4n) is 6.95. The Morgan fingerprint density at radius 3 is 1.58 bits per heavy atom. The van der Waals surface area contributed by atoms with Crippen LogP contribution in [0.4, 0.5) is 0 Å². The minimum absolute atomic E-state index is 0.123. The molecule has 0 aromatic heterocycles. The Bertz CT molecular complexity index is 1080. The molecule has 9 heteroatoms. The summed E-state index contributed by atoms with van der Waals surface area (Å²) in [4.78, 5) is 12.8. The molecule has 1 aliphatic heterocycles. The van der Waals surface area contributed by atoms with E-state index in [1.165, 1.54) is 83.5 Å². The highest BCUT2D eigenvalue weighted by Crippen LogP contribution is 2.22.